The lowest BCUT2D eigenvalue weighted by atomic mass is 10.1. The highest BCUT2D eigenvalue weighted by Crippen LogP contribution is 2.30. The van der Waals surface area contributed by atoms with E-state index in [9.17, 15) is 17.6 Å². The van der Waals surface area contributed by atoms with Gasteiger partial charge in [0.2, 0.25) is 5.82 Å². The van der Waals surface area contributed by atoms with Crippen LogP contribution in [-0.2, 0) is 11.0 Å². The lowest BCUT2D eigenvalue weighted by Crippen LogP contribution is -2.04. The molecule has 0 aliphatic rings. The van der Waals surface area contributed by atoms with Gasteiger partial charge in [0, 0.05) is 0 Å². The van der Waals surface area contributed by atoms with E-state index in [1.54, 1.807) is 0 Å². The molecule has 0 fully saturated rings. The van der Waals surface area contributed by atoms with Crippen molar-refractivity contribution in [1.29, 1.82) is 0 Å². The Morgan fingerprint density at radius 2 is 2.10 bits per heavy atom. The second kappa shape index (κ2) is 5.27. The quantitative estimate of drug-likeness (QED) is 0.495. The van der Waals surface area contributed by atoms with Gasteiger partial charge in [-0.1, -0.05) is 16.4 Å². The minimum Gasteiger partial charge on any atom is -0.399 e. The topological polar surface area (TPSA) is 60.5 Å². The first-order valence-electron chi connectivity index (χ1n) is 5.19. The van der Waals surface area contributed by atoms with Crippen LogP contribution in [0.25, 0.3) is 11.4 Å². The van der Waals surface area contributed by atoms with Crippen molar-refractivity contribution in [1.82, 2.24) is 10.1 Å². The van der Waals surface area contributed by atoms with Gasteiger partial charge in [-0.15, -0.1) is 0 Å². The van der Waals surface area contributed by atoms with Crippen molar-refractivity contribution in [2.24, 2.45) is 5.16 Å². The maximum Gasteiger partial charge on any atom is 0.471 e. The molecule has 1 aromatic heterocycles. The molecular formula is C11H7F4N3O2. The predicted octanol–water partition coefficient (Wildman–Crippen LogP) is 2.87. The van der Waals surface area contributed by atoms with Gasteiger partial charge in [0.1, 0.15) is 12.9 Å². The summed E-state index contributed by atoms with van der Waals surface area (Å²) >= 11 is 0. The molecule has 0 unspecified atom stereocenters. The van der Waals surface area contributed by atoms with Crippen LogP contribution in [0.1, 0.15) is 11.5 Å². The fourth-order valence-corrected chi connectivity index (χ4v) is 1.35. The highest BCUT2D eigenvalue weighted by atomic mass is 19.4. The van der Waals surface area contributed by atoms with Crippen molar-refractivity contribution in [3.63, 3.8) is 0 Å². The van der Waals surface area contributed by atoms with Crippen LogP contribution in [0.2, 0.25) is 0 Å². The molecule has 9 heteroatoms. The highest BCUT2D eigenvalue weighted by molar-refractivity contribution is 5.80. The normalized spacial score (nSPS) is 12.1. The average Bonchev–Trinajstić information content (AvgIpc) is 2.85. The molecule has 1 aromatic carbocycles. The number of benzene rings is 1. The van der Waals surface area contributed by atoms with Gasteiger partial charge in [0.05, 0.1) is 11.8 Å². The monoisotopic (exact) mass is 289 g/mol. The summed E-state index contributed by atoms with van der Waals surface area (Å²) in [6, 6.07) is 3.70. The first kappa shape index (κ1) is 14.0. The van der Waals surface area contributed by atoms with E-state index in [0.717, 1.165) is 6.07 Å². The van der Waals surface area contributed by atoms with Gasteiger partial charge in [-0.3, -0.25) is 0 Å². The molecule has 0 saturated carbocycles. The maximum absolute atomic E-state index is 13.8. The molecule has 1 heterocycles. The first-order chi connectivity index (χ1) is 9.41. The van der Waals surface area contributed by atoms with Crippen LogP contribution in [0.3, 0.4) is 0 Å². The van der Waals surface area contributed by atoms with E-state index in [1.165, 1.54) is 25.5 Å². The molecule has 2 rings (SSSR count). The second-order valence-electron chi connectivity index (χ2n) is 3.58. The minimum absolute atomic E-state index is 0.209. The summed E-state index contributed by atoms with van der Waals surface area (Å²) in [4.78, 5) is 7.53. The van der Waals surface area contributed by atoms with Gasteiger partial charge in [0.25, 0.3) is 0 Å². The summed E-state index contributed by atoms with van der Waals surface area (Å²) < 4.78 is 54.7. The molecule has 106 valence electrons. The zero-order valence-electron chi connectivity index (χ0n) is 9.98. The van der Waals surface area contributed by atoms with Gasteiger partial charge in [-0.2, -0.15) is 18.2 Å². The van der Waals surface area contributed by atoms with Gasteiger partial charge in [-0.05, 0) is 17.7 Å². The van der Waals surface area contributed by atoms with E-state index >= 15 is 0 Å². The Morgan fingerprint density at radius 3 is 2.65 bits per heavy atom. The zero-order chi connectivity index (χ0) is 14.8. The van der Waals surface area contributed by atoms with E-state index in [4.69, 9.17) is 0 Å². The number of hydrogen-bond donors (Lipinski definition) is 0. The number of aromatic nitrogens is 2. The predicted molar refractivity (Wildman–Crippen MR) is 59.3 cm³/mol. The molecule has 5 nitrogen and oxygen atoms in total. The molecule has 0 bridgehead atoms. The third-order valence-corrected chi connectivity index (χ3v) is 2.21. The number of nitrogens with zero attached hydrogens (tertiary/aromatic N) is 3. The van der Waals surface area contributed by atoms with Crippen LogP contribution in [0.15, 0.2) is 27.9 Å². The SMILES string of the molecule is CO/N=C\c1ccc(-c2noc(C(F)(F)F)n2)c(F)c1. The van der Waals surface area contributed by atoms with Crippen LogP contribution in [0.4, 0.5) is 17.6 Å². The van der Waals surface area contributed by atoms with E-state index in [2.05, 4.69) is 24.7 Å². The third-order valence-electron chi connectivity index (χ3n) is 2.21. The summed E-state index contributed by atoms with van der Waals surface area (Å²) in [5, 5.41) is 6.53. The average molecular weight is 289 g/mol. The Labute approximate surface area is 109 Å². The van der Waals surface area contributed by atoms with Crippen molar-refractivity contribution >= 4 is 6.21 Å². The highest BCUT2D eigenvalue weighted by Gasteiger charge is 2.38. The summed E-state index contributed by atoms with van der Waals surface area (Å²) in [6.07, 6.45) is -3.53. The van der Waals surface area contributed by atoms with E-state index in [0.29, 0.717) is 5.56 Å². The molecule has 0 N–H and O–H groups in total. The third kappa shape index (κ3) is 2.92. The van der Waals surface area contributed by atoms with Crippen molar-refractivity contribution in [2.75, 3.05) is 7.11 Å². The lowest BCUT2D eigenvalue weighted by Gasteiger charge is -1.99. The first-order valence-corrected chi connectivity index (χ1v) is 5.19. The molecule has 0 aliphatic carbocycles. The molecular weight excluding hydrogens is 282 g/mol. The fraction of sp³-hybridized carbons (Fsp3) is 0.182. The molecule has 0 atom stereocenters. The number of rotatable bonds is 3. The largest absolute Gasteiger partial charge is 0.471 e. The lowest BCUT2D eigenvalue weighted by molar-refractivity contribution is -0.159. The Hall–Kier alpha value is -2.45. The van der Waals surface area contributed by atoms with Crippen molar-refractivity contribution in [3.05, 3.63) is 35.5 Å². The van der Waals surface area contributed by atoms with Crippen LogP contribution in [0.5, 0.6) is 0 Å². The fourth-order valence-electron chi connectivity index (χ4n) is 1.35. The number of oxime groups is 1. The molecule has 0 radical (unpaired) electrons. The van der Waals surface area contributed by atoms with Gasteiger partial charge in [-0.25, -0.2) is 4.39 Å². The number of hydrogen-bond acceptors (Lipinski definition) is 5. The van der Waals surface area contributed by atoms with Crippen molar-refractivity contribution in [2.45, 2.75) is 6.18 Å². The molecule has 2 aromatic rings. The Kier molecular flexibility index (Phi) is 3.68. The van der Waals surface area contributed by atoms with Gasteiger partial charge < -0.3 is 9.36 Å². The Bertz CT molecular complexity index is 637. The van der Waals surface area contributed by atoms with E-state index < -0.39 is 23.7 Å². The van der Waals surface area contributed by atoms with Gasteiger partial charge in [0.15, 0.2) is 0 Å². The van der Waals surface area contributed by atoms with Crippen LogP contribution in [-0.4, -0.2) is 23.5 Å². The molecule has 0 amide bonds. The molecule has 20 heavy (non-hydrogen) atoms. The van der Waals surface area contributed by atoms with E-state index in [-0.39, 0.29) is 5.56 Å². The summed E-state index contributed by atoms with van der Waals surface area (Å²) in [6.45, 7) is 0. The van der Waals surface area contributed by atoms with Crippen LogP contribution in [0, 0.1) is 5.82 Å². The van der Waals surface area contributed by atoms with Crippen molar-refractivity contribution in [3.8, 4) is 11.4 Å². The summed E-state index contributed by atoms with van der Waals surface area (Å²) in [5.41, 5.74) is 0.159. The van der Waals surface area contributed by atoms with Crippen LogP contribution < -0.4 is 0 Å². The maximum atomic E-state index is 13.8. The van der Waals surface area contributed by atoms with Crippen LogP contribution >= 0.6 is 0 Å². The minimum atomic E-state index is -4.77. The zero-order valence-corrected chi connectivity index (χ0v) is 9.98. The molecule has 0 saturated heterocycles. The Balaban J connectivity index is 2.34. The summed E-state index contributed by atoms with van der Waals surface area (Å²) in [7, 11) is 1.32. The molecule has 0 spiro atoms. The van der Waals surface area contributed by atoms with Gasteiger partial charge >= 0.3 is 12.1 Å². The number of alkyl halides is 3. The van der Waals surface area contributed by atoms with Crippen molar-refractivity contribution < 1.29 is 26.9 Å². The Morgan fingerprint density at radius 1 is 1.35 bits per heavy atom. The smallest absolute Gasteiger partial charge is 0.399 e. The number of halogens is 4. The van der Waals surface area contributed by atoms with E-state index in [1.807, 2.05) is 0 Å². The standard InChI is InChI=1S/C11H7F4N3O2/c1-19-16-5-6-2-3-7(8(12)4-6)9-17-10(20-18-9)11(13,14)15/h2-5H,1H3/b16-5-. The second-order valence-corrected chi connectivity index (χ2v) is 3.58. The summed E-state index contributed by atoms with van der Waals surface area (Å²) in [5.74, 6) is -2.82. The molecule has 0 aliphatic heterocycles.